The highest BCUT2D eigenvalue weighted by Crippen LogP contribution is 2.64. The number of nitrogens with zero attached hydrogens (tertiary/aromatic N) is 2. The van der Waals surface area contributed by atoms with E-state index >= 15 is 0 Å². The molecule has 12 aromatic carbocycles. The molecule has 0 unspecified atom stereocenters. The van der Waals surface area contributed by atoms with Crippen LogP contribution in [0.25, 0.3) is 33.4 Å². The fraction of sp³-hybridized carbons (Fsp3) is 0.0270. The Morgan fingerprint density at radius 3 is 0.885 bits per heavy atom. The average molecular weight is 997 g/mol. The molecule has 4 aliphatic rings. The van der Waals surface area contributed by atoms with Crippen LogP contribution in [0.2, 0.25) is 0 Å². The molecule has 0 bridgehead atoms. The quantitative estimate of drug-likeness (QED) is 0.159. The number of fused-ring (bicyclic) bond motifs is 18. The van der Waals surface area contributed by atoms with E-state index in [9.17, 15) is 0 Å². The van der Waals surface area contributed by atoms with Gasteiger partial charge in [-0.15, -0.1) is 0 Å². The second kappa shape index (κ2) is 17.2. The molecule has 2 aliphatic heterocycles. The number of hydrogen-bond acceptors (Lipinski definition) is 4. The SMILES string of the molecule is c1ccc(N(c2cccc(-c3cccc(N(c4ccccc4)c4ccc5c(c4)C4(c6ccccc6Oc6ccccc64)c4ccccc4-5)c3)c2)c2ccc3c(c2)C2(c4ccccc4Oc4ccccc42)c2ccccc2-3)cc1. The van der Waals surface area contributed by atoms with Crippen molar-refractivity contribution in [2.45, 2.75) is 10.8 Å². The van der Waals surface area contributed by atoms with Gasteiger partial charge in [0.05, 0.1) is 10.8 Å². The van der Waals surface area contributed by atoms with E-state index in [1.54, 1.807) is 0 Å². The van der Waals surface area contributed by atoms with Crippen LogP contribution in [0, 0.1) is 0 Å². The molecule has 2 spiro atoms. The second-order valence-electron chi connectivity index (χ2n) is 20.7. The van der Waals surface area contributed by atoms with E-state index < -0.39 is 10.8 Å². The van der Waals surface area contributed by atoms with Crippen LogP contribution in [-0.4, -0.2) is 0 Å². The minimum atomic E-state index is -0.591. The van der Waals surface area contributed by atoms with E-state index in [0.717, 1.165) is 90.5 Å². The number of benzene rings is 12. The smallest absolute Gasteiger partial charge is 0.132 e. The molecule has 0 aromatic heterocycles. The number of rotatable bonds is 7. The van der Waals surface area contributed by atoms with Crippen LogP contribution in [-0.2, 0) is 10.8 Å². The lowest BCUT2D eigenvalue weighted by atomic mass is 9.66. The van der Waals surface area contributed by atoms with E-state index in [4.69, 9.17) is 9.47 Å². The van der Waals surface area contributed by atoms with Crippen molar-refractivity contribution >= 4 is 34.1 Å². The van der Waals surface area contributed by atoms with Crippen molar-refractivity contribution in [2.75, 3.05) is 9.80 Å². The van der Waals surface area contributed by atoms with Gasteiger partial charge in [-0.05, 0) is 153 Å². The molecule has 12 aromatic rings. The van der Waals surface area contributed by atoms with Gasteiger partial charge in [0.25, 0.3) is 0 Å². The molecular formula is C74H48N2O2. The van der Waals surface area contributed by atoms with Gasteiger partial charge in [-0.3, -0.25) is 0 Å². The van der Waals surface area contributed by atoms with Crippen LogP contribution < -0.4 is 19.3 Å². The Kier molecular flexibility index (Phi) is 9.73. The largest absolute Gasteiger partial charge is 0.457 e. The molecule has 0 amide bonds. The summed E-state index contributed by atoms with van der Waals surface area (Å²) < 4.78 is 13.4. The van der Waals surface area contributed by atoms with Crippen molar-refractivity contribution in [1.82, 2.24) is 0 Å². The topological polar surface area (TPSA) is 24.9 Å². The van der Waals surface area contributed by atoms with E-state index in [-0.39, 0.29) is 0 Å². The molecule has 78 heavy (non-hydrogen) atoms. The van der Waals surface area contributed by atoms with Crippen LogP contribution in [0.3, 0.4) is 0 Å². The molecule has 2 aliphatic carbocycles. The molecule has 0 fully saturated rings. The Morgan fingerprint density at radius 2 is 0.500 bits per heavy atom. The highest BCUT2D eigenvalue weighted by Gasteiger charge is 2.53. The highest BCUT2D eigenvalue weighted by atomic mass is 16.5. The van der Waals surface area contributed by atoms with Crippen molar-refractivity contribution < 1.29 is 9.47 Å². The molecule has 0 saturated carbocycles. The Morgan fingerprint density at radius 1 is 0.205 bits per heavy atom. The fourth-order valence-corrected chi connectivity index (χ4v) is 13.7. The summed E-state index contributed by atoms with van der Waals surface area (Å²) in [5, 5.41) is 0. The summed E-state index contributed by atoms with van der Waals surface area (Å²) in [5.41, 5.74) is 22.0. The number of para-hydroxylation sites is 6. The lowest BCUT2D eigenvalue weighted by Crippen LogP contribution is -2.32. The molecule has 0 saturated heterocycles. The van der Waals surface area contributed by atoms with E-state index in [1.165, 1.54) is 44.5 Å². The summed E-state index contributed by atoms with van der Waals surface area (Å²) in [4.78, 5) is 4.81. The first-order chi connectivity index (χ1) is 38.7. The minimum Gasteiger partial charge on any atom is -0.457 e. The maximum absolute atomic E-state index is 6.70. The number of ether oxygens (including phenoxy) is 2. The van der Waals surface area contributed by atoms with Gasteiger partial charge in [0.15, 0.2) is 0 Å². The maximum Gasteiger partial charge on any atom is 0.132 e. The molecule has 0 N–H and O–H groups in total. The first kappa shape index (κ1) is 44.2. The van der Waals surface area contributed by atoms with Gasteiger partial charge in [-0.25, -0.2) is 0 Å². The van der Waals surface area contributed by atoms with Gasteiger partial charge in [0.2, 0.25) is 0 Å². The predicted octanol–water partition coefficient (Wildman–Crippen LogP) is 19.2. The van der Waals surface area contributed by atoms with Crippen molar-refractivity contribution in [2.24, 2.45) is 0 Å². The average Bonchev–Trinajstić information content (AvgIpc) is 3.77. The van der Waals surface area contributed by atoms with Crippen LogP contribution in [0.15, 0.2) is 291 Å². The highest BCUT2D eigenvalue weighted by molar-refractivity contribution is 5.94. The van der Waals surface area contributed by atoms with Crippen molar-refractivity contribution in [3.05, 3.63) is 336 Å². The zero-order valence-electron chi connectivity index (χ0n) is 42.4. The maximum atomic E-state index is 6.70. The molecule has 4 nitrogen and oxygen atoms in total. The summed E-state index contributed by atoms with van der Waals surface area (Å²) in [6.07, 6.45) is 0. The first-order valence-corrected chi connectivity index (χ1v) is 26.8. The Hall–Kier alpha value is -10.2. The van der Waals surface area contributed by atoms with Gasteiger partial charge >= 0.3 is 0 Å². The minimum absolute atomic E-state index is 0.591. The zero-order chi connectivity index (χ0) is 51.4. The molecular weight excluding hydrogens is 949 g/mol. The lowest BCUT2D eigenvalue weighted by Gasteiger charge is -2.39. The van der Waals surface area contributed by atoms with Crippen molar-refractivity contribution in [1.29, 1.82) is 0 Å². The first-order valence-electron chi connectivity index (χ1n) is 26.8. The van der Waals surface area contributed by atoms with Crippen LogP contribution in [0.5, 0.6) is 23.0 Å². The van der Waals surface area contributed by atoms with Crippen molar-refractivity contribution in [3.8, 4) is 56.4 Å². The standard InChI is InChI=1S/C74H48N2O2/c1-3-23-51(24-4-1)75(55-41-43-59-57-29-7-9-31-61(57)73(67(59)47-55)63-33-11-15-37-69(63)77-70-38-16-12-34-64(70)73)53-27-19-21-49(45-53)50-22-20-28-54(46-50)76(52-25-5-2-6-26-52)56-42-44-60-58-30-8-10-32-62(58)74(68(60)48-56)65-35-13-17-39-71(65)78-72-40-18-14-36-66(72)74/h1-48H. The zero-order valence-corrected chi connectivity index (χ0v) is 42.4. The normalized spacial score (nSPS) is 13.8. The van der Waals surface area contributed by atoms with E-state index in [0.29, 0.717) is 0 Å². The Labute approximate surface area is 454 Å². The summed E-state index contributed by atoms with van der Waals surface area (Å²) in [6, 6.07) is 106. The third-order valence-corrected chi connectivity index (χ3v) is 16.7. The molecule has 0 radical (unpaired) electrons. The summed E-state index contributed by atoms with van der Waals surface area (Å²) in [5.74, 6) is 3.52. The third-order valence-electron chi connectivity index (χ3n) is 16.7. The molecule has 16 rings (SSSR count). The van der Waals surface area contributed by atoms with Gasteiger partial charge in [0.1, 0.15) is 23.0 Å². The van der Waals surface area contributed by atoms with Gasteiger partial charge in [-0.1, -0.05) is 194 Å². The summed E-state index contributed by atoms with van der Waals surface area (Å²) >= 11 is 0. The second-order valence-corrected chi connectivity index (χ2v) is 20.7. The Balaban J connectivity index is 0.840. The van der Waals surface area contributed by atoms with E-state index in [2.05, 4.69) is 301 Å². The molecule has 366 valence electrons. The van der Waals surface area contributed by atoms with Gasteiger partial charge < -0.3 is 19.3 Å². The van der Waals surface area contributed by atoms with E-state index in [1.807, 2.05) is 0 Å². The summed E-state index contributed by atoms with van der Waals surface area (Å²) in [7, 11) is 0. The summed E-state index contributed by atoms with van der Waals surface area (Å²) in [6.45, 7) is 0. The number of hydrogen-bond donors (Lipinski definition) is 0. The predicted molar refractivity (Wildman–Crippen MR) is 316 cm³/mol. The monoisotopic (exact) mass is 996 g/mol. The fourth-order valence-electron chi connectivity index (χ4n) is 13.7. The van der Waals surface area contributed by atoms with Crippen LogP contribution in [0.1, 0.15) is 44.5 Å². The third kappa shape index (κ3) is 6.29. The van der Waals surface area contributed by atoms with Crippen LogP contribution in [0.4, 0.5) is 34.1 Å². The molecule has 0 atom stereocenters. The van der Waals surface area contributed by atoms with Crippen molar-refractivity contribution in [3.63, 3.8) is 0 Å². The van der Waals surface area contributed by atoms with Gasteiger partial charge in [-0.2, -0.15) is 0 Å². The van der Waals surface area contributed by atoms with Gasteiger partial charge in [0, 0.05) is 56.4 Å². The van der Waals surface area contributed by atoms with Crippen LogP contribution >= 0.6 is 0 Å². The Bertz CT molecular complexity index is 4000. The number of anilines is 6. The molecule has 4 heteroatoms. The molecule has 2 heterocycles. The lowest BCUT2D eigenvalue weighted by molar-refractivity contribution is 0.436.